The minimum atomic E-state index is -0.0238. The molecule has 0 bridgehead atoms. The highest BCUT2D eigenvalue weighted by Gasteiger charge is 2.36. The molecule has 1 aromatic heterocycles. The summed E-state index contributed by atoms with van der Waals surface area (Å²) in [4.78, 5) is 13.8. The van der Waals surface area contributed by atoms with Crippen molar-refractivity contribution in [2.24, 2.45) is 5.41 Å². The normalized spacial score (nSPS) is 17.6. The predicted molar refractivity (Wildman–Crippen MR) is 73.0 cm³/mol. The van der Waals surface area contributed by atoms with Gasteiger partial charge < -0.3 is 4.90 Å². The van der Waals surface area contributed by atoms with Crippen LogP contribution in [0.25, 0.3) is 0 Å². The lowest BCUT2D eigenvalue weighted by Gasteiger charge is -2.40. The van der Waals surface area contributed by atoms with Crippen LogP contribution in [0.3, 0.4) is 0 Å². The van der Waals surface area contributed by atoms with Gasteiger partial charge in [-0.15, -0.1) is 0 Å². The fourth-order valence-corrected chi connectivity index (χ4v) is 2.56. The van der Waals surface area contributed by atoms with Crippen molar-refractivity contribution in [3.8, 4) is 0 Å². The van der Waals surface area contributed by atoms with E-state index in [0.717, 1.165) is 24.3 Å². The molecule has 94 valence electrons. The van der Waals surface area contributed by atoms with Crippen LogP contribution >= 0.6 is 12.6 Å². The van der Waals surface area contributed by atoms with E-state index in [0.29, 0.717) is 6.54 Å². The minimum Gasteiger partial charge on any atom is -0.376 e. The van der Waals surface area contributed by atoms with Gasteiger partial charge in [0.1, 0.15) is 0 Å². The summed E-state index contributed by atoms with van der Waals surface area (Å²) in [6.45, 7) is 0.697. The fourth-order valence-electron chi connectivity index (χ4n) is 2.15. The Balaban J connectivity index is 2.20. The molecule has 0 N–H and O–H groups in total. The lowest BCUT2D eigenvalue weighted by molar-refractivity contribution is 0.130. The topological polar surface area (TPSA) is 38.1 Å². The van der Waals surface area contributed by atoms with Crippen LogP contribution in [0.4, 0.5) is 5.69 Å². The lowest BCUT2D eigenvalue weighted by atomic mass is 9.70. The van der Waals surface area contributed by atoms with E-state index in [1.807, 2.05) is 19.0 Å². The standard InChI is InChI=1S/C12H19N3OS/c1-14(2)10-6-11(16)15(13-7-10)8-12(9-17)4-3-5-12/h6-7,17H,3-5,8-9H2,1-2H3. The molecule has 1 fully saturated rings. The van der Waals surface area contributed by atoms with Crippen molar-refractivity contribution in [1.29, 1.82) is 0 Å². The van der Waals surface area contributed by atoms with Gasteiger partial charge in [-0.05, 0) is 24.0 Å². The van der Waals surface area contributed by atoms with Gasteiger partial charge in [0.05, 0.1) is 18.4 Å². The zero-order chi connectivity index (χ0) is 12.5. The van der Waals surface area contributed by atoms with Crippen LogP contribution in [0.15, 0.2) is 17.1 Å². The lowest BCUT2D eigenvalue weighted by Crippen LogP contribution is -2.40. The van der Waals surface area contributed by atoms with Gasteiger partial charge in [-0.25, -0.2) is 4.68 Å². The van der Waals surface area contributed by atoms with Crippen molar-refractivity contribution in [1.82, 2.24) is 9.78 Å². The van der Waals surface area contributed by atoms with Crippen molar-refractivity contribution >= 4 is 18.3 Å². The van der Waals surface area contributed by atoms with Gasteiger partial charge in [0.2, 0.25) is 0 Å². The van der Waals surface area contributed by atoms with Gasteiger partial charge in [0.15, 0.2) is 0 Å². The molecular formula is C12H19N3OS. The Morgan fingerprint density at radius 1 is 1.53 bits per heavy atom. The van der Waals surface area contributed by atoms with Crippen LogP contribution in [0.5, 0.6) is 0 Å². The summed E-state index contributed by atoms with van der Waals surface area (Å²) in [5.41, 5.74) is 1.02. The number of aromatic nitrogens is 2. The van der Waals surface area contributed by atoms with Crippen molar-refractivity contribution in [3.63, 3.8) is 0 Å². The van der Waals surface area contributed by atoms with Gasteiger partial charge in [-0.1, -0.05) is 6.42 Å². The fraction of sp³-hybridized carbons (Fsp3) is 0.667. The Morgan fingerprint density at radius 3 is 2.65 bits per heavy atom. The van der Waals surface area contributed by atoms with E-state index in [1.54, 1.807) is 16.9 Å². The molecule has 1 heterocycles. The molecule has 1 aliphatic rings. The maximum Gasteiger partial charge on any atom is 0.268 e. The molecule has 17 heavy (non-hydrogen) atoms. The first-order valence-electron chi connectivity index (χ1n) is 5.92. The zero-order valence-electron chi connectivity index (χ0n) is 10.4. The summed E-state index contributed by atoms with van der Waals surface area (Å²) < 4.78 is 1.57. The Kier molecular flexibility index (Phi) is 3.47. The Morgan fingerprint density at radius 2 is 2.24 bits per heavy atom. The molecule has 5 heteroatoms. The predicted octanol–water partition coefficient (Wildman–Crippen LogP) is 1.41. The Hall–Kier alpha value is -0.970. The molecule has 0 radical (unpaired) electrons. The highest BCUT2D eigenvalue weighted by atomic mass is 32.1. The molecule has 0 amide bonds. The van der Waals surface area contributed by atoms with Gasteiger partial charge >= 0.3 is 0 Å². The van der Waals surface area contributed by atoms with Crippen molar-refractivity contribution in [2.75, 3.05) is 24.7 Å². The molecule has 0 atom stereocenters. The van der Waals surface area contributed by atoms with Crippen molar-refractivity contribution in [2.45, 2.75) is 25.8 Å². The highest BCUT2D eigenvalue weighted by Crippen LogP contribution is 2.42. The van der Waals surface area contributed by atoms with E-state index in [9.17, 15) is 4.79 Å². The Bertz CT molecular complexity index is 446. The second-order valence-electron chi connectivity index (χ2n) is 5.12. The summed E-state index contributed by atoms with van der Waals surface area (Å²) >= 11 is 4.40. The molecule has 1 aliphatic carbocycles. The zero-order valence-corrected chi connectivity index (χ0v) is 11.3. The molecule has 4 nitrogen and oxygen atoms in total. The van der Waals surface area contributed by atoms with Gasteiger partial charge in [-0.3, -0.25) is 4.79 Å². The molecule has 1 aromatic rings. The molecule has 0 aliphatic heterocycles. The first kappa shape index (κ1) is 12.5. The van der Waals surface area contributed by atoms with E-state index >= 15 is 0 Å². The number of nitrogens with zero attached hydrogens (tertiary/aromatic N) is 3. The molecule has 2 rings (SSSR count). The largest absolute Gasteiger partial charge is 0.376 e. The monoisotopic (exact) mass is 253 g/mol. The second kappa shape index (κ2) is 4.72. The summed E-state index contributed by atoms with van der Waals surface area (Å²) in [5, 5.41) is 4.24. The molecular weight excluding hydrogens is 234 g/mol. The average Bonchev–Trinajstić information content (AvgIpc) is 2.25. The second-order valence-corrected chi connectivity index (χ2v) is 5.43. The number of hydrogen-bond acceptors (Lipinski definition) is 4. The van der Waals surface area contributed by atoms with E-state index < -0.39 is 0 Å². The number of rotatable bonds is 4. The molecule has 0 spiro atoms. The van der Waals surface area contributed by atoms with Crippen molar-refractivity contribution < 1.29 is 0 Å². The molecule has 0 aromatic carbocycles. The molecule has 1 saturated carbocycles. The van der Waals surface area contributed by atoms with E-state index in [-0.39, 0.29) is 11.0 Å². The maximum atomic E-state index is 11.9. The number of hydrogen-bond donors (Lipinski definition) is 1. The first-order chi connectivity index (χ1) is 8.06. The third-order valence-corrected chi connectivity index (χ3v) is 4.28. The van der Waals surface area contributed by atoms with E-state index in [4.69, 9.17) is 0 Å². The quantitative estimate of drug-likeness (QED) is 0.825. The SMILES string of the molecule is CN(C)c1cnn(CC2(CS)CCC2)c(=O)c1. The van der Waals surface area contributed by atoms with Crippen LogP contribution in [-0.2, 0) is 6.54 Å². The maximum absolute atomic E-state index is 11.9. The summed E-state index contributed by atoms with van der Waals surface area (Å²) in [6, 6.07) is 1.64. The van der Waals surface area contributed by atoms with E-state index in [2.05, 4.69) is 17.7 Å². The van der Waals surface area contributed by atoms with Crippen LogP contribution in [-0.4, -0.2) is 29.6 Å². The summed E-state index contributed by atoms with van der Waals surface area (Å²) in [5.74, 6) is 0.830. The molecule has 0 unspecified atom stereocenters. The summed E-state index contributed by atoms with van der Waals surface area (Å²) in [7, 11) is 3.81. The number of thiol groups is 1. The van der Waals surface area contributed by atoms with Crippen molar-refractivity contribution in [3.05, 3.63) is 22.6 Å². The summed E-state index contributed by atoms with van der Waals surface area (Å²) in [6.07, 6.45) is 5.29. The van der Waals surface area contributed by atoms with E-state index in [1.165, 1.54) is 6.42 Å². The van der Waals surface area contributed by atoms with Gasteiger partial charge in [0.25, 0.3) is 5.56 Å². The average molecular weight is 253 g/mol. The number of anilines is 1. The van der Waals surface area contributed by atoms with Crippen LogP contribution in [0.2, 0.25) is 0 Å². The van der Waals surface area contributed by atoms with Gasteiger partial charge in [0, 0.05) is 20.2 Å². The third kappa shape index (κ3) is 2.49. The Labute approximate surface area is 107 Å². The third-order valence-electron chi connectivity index (χ3n) is 3.61. The first-order valence-corrected chi connectivity index (χ1v) is 6.55. The highest BCUT2D eigenvalue weighted by molar-refractivity contribution is 7.80. The van der Waals surface area contributed by atoms with Gasteiger partial charge in [-0.2, -0.15) is 17.7 Å². The minimum absolute atomic E-state index is 0.0238. The smallest absolute Gasteiger partial charge is 0.268 e. The van der Waals surface area contributed by atoms with Crippen LogP contribution in [0.1, 0.15) is 19.3 Å². The van der Waals surface area contributed by atoms with Crippen LogP contribution in [0, 0.1) is 5.41 Å². The molecule has 0 saturated heterocycles. The van der Waals surface area contributed by atoms with Crippen LogP contribution < -0.4 is 10.5 Å².